The van der Waals surface area contributed by atoms with E-state index in [4.69, 9.17) is 0 Å². The number of aliphatic hydroxyl groups excluding tert-OH is 1. The minimum atomic E-state index is -0.905. The molecule has 0 aliphatic heterocycles. The van der Waals surface area contributed by atoms with Crippen molar-refractivity contribution in [3.8, 4) is 0 Å². The van der Waals surface area contributed by atoms with Gasteiger partial charge in [-0.25, -0.2) is 0 Å². The largest absolute Gasteiger partial charge is 0.393 e. The lowest BCUT2D eigenvalue weighted by Crippen LogP contribution is -2.19. The second-order valence-corrected chi connectivity index (χ2v) is 5.51. The fourth-order valence-electron chi connectivity index (χ4n) is 1.50. The van der Waals surface area contributed by atoms with Gasteiger partial charge in [-0.15, -0.1) is 0 Å². The quantitative estimate of drug-likeness (QED) is 0.729. The smallest absolute Gasteiger partial charge is 0.0549 e. The lowest BCUT2D eigenvalue weighted by Gasteiger charge is -2.09. The van der Waals surface area contributed by atoms with Crippen LogP contribution in [0.25, 0.3) is 0 Å². The molecule has 0 aliphatic carbocycles. The maximum absolute atomic E-state index is 11.2. The molecule has 1 rings (SSSR count). The zero-order valence-corrected chi connectivity index (χ0v) is 11.3. The molecule has 0 saturated heterocycles. The number of nitrogens with one attached hydrogen (secondary N) is 1. The number of benzene rings is 1. The summed E-state index contributed by atoms with van der Waals surface area (Å²) < 4.78 is 11.2. The van der Waals surface area contributed by atoms with Crippen LogP contribution in [0, 0.1) is 0 Å². The second kappa shape index (κ2) is 7.58. The third-order valence-electron chi connectivity index (χ3n) is 2.71. The lowest BCUT2D eigenvalue weighted by atomic mass is 10.2. The average molecular weight is 255 g/mol. The molecule has 1 aromatic rings. The van der Waals surface area contributed by atoms with E-state index in [2.05, 4.69) is 5.32 Å². The van der Waals surface area contributed by atoms with Crippen molar-refractivity contribution in [2.45, 2.75) is 37.3 Å². The summed E-state index contributed by atoms with van der Waals surface area (Å²) in [6, 6.07) is 7.77. The monoisotopic (exact) mass is 255 g/mol. The van der Waals surface area contributed by atoms with Crippen LogP contribution in [0.4, 0.5) is 0 Å². The highest BCUT2D eigenvalue weighted by Crippen LogP contribution is 2.07. The van der Waals surface area contributed by atoms with Gasteiger partial charge in [-0.3, -0.25) is 4.21 Å². The predicted octanol–water partition coefficient (Wildman–Crippen LogP) is 1.67. The molecule has 0 fully saturated rings. The summed E-state index contributed by atoms with van der Waals surface area (Å²) in [4.78, 5) is 0.857. The zero-order chi connectivity index (χ0) is 12.7. The third kappa shape index (κ3) is 5.44. The van der Waals surface area contributed by atoms with Crippen molar-refractivity contribution in [2.75, 3.05) is 12.8 Å². The van der Waals surface area contributed by atoms with Crippen molar-refractivity contribution in [2.24, 2.45) is 0 Å². The van der Waals surface area contributed by atoms with E-state index in [1.807, 2.05) is 31.2 Å². The molecule has 0 aliphatic rings. The zero-order valence-electron chi connectivity index (χ0n) is 10.5. The van der Waals surface area contributed by atoms with Gasteiger partial charge in [0.25, 0.3) is 0 Å². The normalized spacial score (nSPS) is 14.5. The van der Waals surface area contributed by atoms with Gasteiger partial charge < -0.3 is 10.4 Å². The second-order valence-electron chi connectivity index (χ2n) is 4.13. The molecule has 0 spiro atoms. The van der Waals surface area contributed by atoms with Crippen LogP contribution in [0.1, 0.15) is 25.3 Å². The van der Waals surface area contributed by atoms with Gasteiger partial charge in [0.15, 0.2) is 0 Å². The van der Waals surface area contributed by atoms with Crippen molar-refractivity contribution in [3.63, 3.8) is 0 Å². The fraction of sp³-hybridized carbons (Fsp3) is 0.538. The Hall–Kier alpha value is -0.710. The topological polar surface area (TPSA) is 49.3 Å². The molecule has 2 atom stereocenters. The molecule has 0 aromatic heterocycles. The highest BCUT2D eigenvalue weighted by molar-refractivity contribution is 7.84. The van der Waals surface area contributed by atoms with Crippen LogP contribution in [-0.4, -0.2) is 28.2 Å². The number of hydrogen-bond donors (Lipinski definition) is 2. The van der Waals surface area contributed by atoms with Gasteiger partial charge in [-0.05, 0) is 37.1 Å². The van der Waals surface area contributed by atoms with E-state index in [1.54, 1.807) is 6.26 Å². The first kappa shape index (κ1) is 14.4. The van der Waals surface area contributed by atoms with Gasteiger partial charge in [0, 0.05) is 28.5 Å². The van der Waals surface area contributed by atoms with Gasteiger partial charge in [0.05, 0.1) is 6.10 Å². The molecule has 1 aromatic carbocycles. The van der Waals surface area contributed by atoms with Gasteiger partial charge in [0.1, 0.15) is 0 Å². The van der Waals surface area contributed by atoms with Crippen LogP contribution in [0.15, 0.2) is 29.2 Å². The highest BCUT2D eigenvalue weighted by Gasteiger charge is 2.00. The fourth-order valence-corrected chi connectivity index (χ4v) is 2.02. The summed E-state index contributed by atoms with van der Waals surface area (Å²) in [6.45, 7) is 3.58. The standard InChI is InChI=1S/C13H21NO2S/c1-3-12(15)8-9-14-10-11-4-6-13(7-5-11)17(2)16/h4-7,12,14-15H,3,8-10H2,1-2H3. The Kier molecular flexibility index (Phi) is 6.40. The summed E-state index contributed by atoms with van der Waals surface area (Å²) in [5.41, 5.74) is 1.17. The van der Waals surface area contributed by atoms with Crippen LogP contribution >= 0.6 is 0 Å². The molecular formula is C13H21NO2S. The van der Waals surface area contributed by atoms with E-state index < -0.39 is 10.8 Å². The summed E-state index contributed by atoms with van der Waals surface area (Å²) in [5, 5.41) is 12.7. The predicted molar refractivity (Wildman–Crippen MR) is 71.4 cm³/mol. The highest BCUT2D eigenvalue weighted by atomic mass is 32.2. The molecule has 4 heteroatoms. The van der Waals surface area contributed by atoms with Crippen molar-refractivity contribution in [1.29, 1.82) is 0 Å². The molecule has 0 amide bonds. The molecule has 17 heavy (non-hydrogen) atoms. The minimum Gasteiger partial charge on any atom is -0.393 e. The summed E-state index contributed by atoms with van der Waals surface area (Å²) in [7, 11) is -0.905. The molecular weight excluding hydrogens is 234 g/mol. The molecule has 0 radical (unpaired) electrons. The minimum absolute atomic E-state index is 0.201. The van der Waals surface area contributed by atoms with E-state index in [-0.39, 0.29) is 6.10 Å². The van der Waals surface area contributed by atoms with Crippen LogP contribution in [0.5, 0.6) is 0 Å². The Labute approximate surface area is 106 Å². The first-order valence-electron chi connectivity index (χ1n) is 5.94. The van der Waals surface area contributed by atoms with Crippen molar-refractivity contribution in [1.82, 2.24) is 5.32 Å². The van der Waals surface area contributed by atoms with E-state index in [9.17, 15) is 9.32 Å². The van der Waals surface area contributed by atoms with Crippen LogP contribution in [0.2, 0.25) is 0 Å². The Morgan fingerprint density at radius 2 is 2.00 bits per heavy atom. The van der Waals surface area contributed by atoms with Crippen LogP contribution in [-0.2, 0) is 17.3 Å². The maximum Gasteiger partial charge on any atom is 0.0549 e. The van der Waals surface area contributed by atoms with Crippen molar-refractivity contribution < 1.29 is 9.32 Å². The molecule has 0 heterocycles. The summed E-state index contributed by atoms with van der Waals surface area (Å²) in [6.07, 6.45) is 3.07. The van der Waals surface area contributed by atoms with E-state index in [1.165, 1.54) is 5.56 Å². The Morgan fingerprint density at radius 3 is 2.53 bits per heavy atom. The van der Waals surface area contributed by atoms with Crippen LogP contribution < -0.4 is 5.32 Å². The van der Waals surface area contributed by atoms with E-state index in [0.717, 1.165) is 30.8 Å². The first-order valence-corrected chi connectivity index (χ1v) is 7.50. The molecule has 2 N–H and O–H groups in total. The van der Waals surface area contributed by atoms with E-state index in [0.29, 0.717) is 0 Å². The van der Waals surface area contributed by atoms with Gasteiger partial charge in [0.2, 0.25) is 0 Å². The summed E-state index contributed by atoms with van der Waals surface area (Å²) >= 11 is 0. The summed E-state index contributed by atoms with van der Waals surface area (Å²) in [5.74, 6) is 0. The third-order valence-corrected chi connectivity index (χ3v) is 3.65. The van der Waals surface area contributed by atoms with Crippen LogP contribution in [0.3, 0.4) is 0 Å². The molecule has 2 unspecified atom stereocenters. The first-order chi connectivity index (χ1) is 8.13. The van der Waals surface area contributed by atoms with Crippen molar-refractivity contribution >= 4 is 10.8 Å². The Bertz CT molecular complexity index is 351. The SMILES string of the molecule is CCC(O)CCNCc1ccc(S(C)=O)cc1. The number of hydrogen-bond acceptors (Lipinski definition) is 3. The Balaban J connectivity index is 2.30. The molecule has 0 saturated carbocycles. The van der Waals surface area contributed by atoms with Gasteiger partial charge in [-0.1, -0.05) is 19.1 Å². The van der Waals surface area contributed by atoms with Crippen molar-refractivity contribution in [3.05, 3.63) is 29.8 Å². The number of rotatable bonds is 7. The Morgan fingerprint density at radius 1 is 1.35 bits per heavy atom. The lowest BCUT2D eigenvalue weighted by molar-refractivity contribution is 0.159. The van der Waals surface area contributed by atoms with Gasteiger partial charge >= 0.3 is 0 Å². The van der Waals surface area contributed by atoms with Gasteiger partial charge in [-0.2, -0.15) is 0 Å². The maximum atomic E-state index is 11.2. The average Bonchev–Trinajstić information content (AvgIpc) is 2.34. The molecule has 0 bridgehead atoms. The van der Waals surface area contributed by atoms with E-state index >= 15 is 0 Å². The number of aliphatic hydroxyl groups is 1. The molecule has 96 valence electrons. The molecule has 3 nitrogen and oxygen atoms in total.